The normalized spacial score (nSPS) is 16.8. The number of carbonyl (C=O) groups excluding carboxylic acids is 2. The van der Waals surface area contributed by atoms with Crippen molar-refractivity contribution in [2.75, 3.05) is 26.2 Å². The molecule has 0 spiro atoms. The Morgan fingerprint density at radius 1 is 1.37 bits per heavy atom. The van der Waals surface area contributed by atoms with Crippen LogP contribution >= 0.6 is 0 Å². The first-order chi connectivity index (χ1) is 9.06. The van der Waals surface area contributed by atoms with Gasteiger partial charge in [0, 0.05) is 13.1 Å². The van der Waals surface area contributed by atoms with E-state index in [1.165, 1.54) is 0 Å². The summed E-state index contributed by atoms with van der Waals surface area (Å²) in [4.78, 5) is 24.9. The zero-order valence-electron chi connectivity index (χ0n) is 10.3. The van der Waals surface area contributed by atoms with Crippen LogP contribution in [0.5, 0.6) is 0 Å². The van der Waals surface area contributed by atoms with Crippen molar-refractivity contribution in [3.05, 3.63) is 35.4 Å². The molecule has 0 bridgehead atoms. The molecule has 1 N–H and O–H groups in total. The highest BCUT2D eigenvalue weighted by molar-refractivity contribution is 5.98. The molecular weight excluding hydrogens is 254 g/mol. The molecule has 2 rings (SSSR count). The van der Waals surface area contributed by atoms with E-state index in [4.69, 9.17) is 0 Å². The number of benzene rings is 1. The van der Waals surface area contributed by atoms with Gasteiger partial charge in [0.2, 0.25) is 5.91 Å². The molecule has 0 atom stereocenters. The maximum atomic E-state index is 13.4. The molecule has 1 aliphatic rings. The summed E-state index contributed by atoms with van der Waals surface area (Å²) in [5.41, 5.74) is -0.273. The Balaban J connectivity index is 2.07. The van der Waals surface area contributed by atoms with Crippen LogP contribution < -0.4 is 5.32 Å². The molecule has 6 heteroatoms. The number of Topliss-reactive ketones (excluding diaryl/α,β-unsaturated/α-hetero) is 1. The Kier molecular flexibility index (Phi) is 4.21. The first-order valence-electron chi connectivity index (χ1n) is 6.03. The van der Waals surface area contributed by atoms with E-state index in [1.807, 2.05) is 0 Å². The molecule has 19 heavy (non-hydrogen) atoms. The van der Waals surface area contributed by atoms with Crippen LogP contribution in [0.3, 0.4) is 0 Å². The van der Waals surface area contributed by atoms with E-state index in [-0.39, 0.29) is 24.6 Å². The molecule has 1 aromatic carbocycles. The number of rotatable bonds is 3. The third-order valence-corrected chi connectivity index (χ3v) is 2.94. The highest BCUT2D eigenvalue weighted by atomic mass is 19.1. The minimum atomic E-state index is -0.745. The second-order valence-corrected chi connectivity index (χ2v) is 4.46. The SMILES string of the molecule is O=C1CN(CC(=O)c2cc(F)ccc2F)CCCN1. The van der Waals surface area contributed by atoms with Gasteiger partial charge in [0.15, 0.2) is 5.78 Å². The molecule has 1 aromatic rings. The van der Waals surface area contributed by atoms with Gasteiger partial charge < -0.3 is 5.32 Å². The smallest absolute Gasteiger partial charge is 0.234 e. The van der Waals surface area contributed by atoms with Crippen molar-refractivity contribution in [2.24, 2.45) is 0 Å². The molecular formula is C13H14F2N2O2. The standard InChI is InChI=1S/C13H14F2N2O2/c14-9-2-3-11(15)10(6-9)12(18)7-17-5-1-4-16-13(19)8-17/h2-3,6H,1,4-5,7-8H2,(H,16,19). The third-order valence-electron chi connectivity index (χ3n) is 2.94. The van der Waals surface area contributed by atoms with E-state index >= 15 is 0 Å². The van der Waals surface area contributed by atoms with Gasteiger partial charge in [-0.15, -0.1) is 0 Å². The summed E-state index contributed by atoms with van der Waals surface area (Å²) in [5, 5.41) is 2.68. The average Bonchev–Trinajstić information content (AvgIpc) is 2.56. The lowest BCUT2D eigenvalue weighted by Gasteiger charge is -2.17. The Morgan fingerprint density at radius 2 is 2.16 bits per heavy atom. The van der Waals surface area contributed by atoms with Crippen molar-refractivity contribution < 1.29 is 18.4 Å². The van der Waals surface area contributed by atoms with E-state index in [9.17, 15) is 18.4 Å². The van der Waals surface area contributed by atoms with Crippen molar-refractivity contribution >= 4 is 11.7 Å². The van der Waals surface area contributed by atoms with Crippen LogP contribution in [-0.4, -0.2) is 42.8 Å². The number of amides is 1. The van der Waals surface area contributed by atoms with Gasteiger partial charge in [-0.3, -0.25) is 14.5 Å². The predicted octanol–water partition coefficient (Wildman–Crippen LogP) is 0.969. The van der Waals surface area contributed by atoms with Gasteiger partial charge in [-0.05, 0) is 24.6 Å². The van der Waals surface area contributed by atoms with E-state index in [1.54, 1.807) is 4.90 Å². The van der Waals surface area contributed by atoms with Crippen LogP contribution in [0.1, 0.15) is 16.8 Å². The lowest BCUT2D eigenvalue weighted by Crippen LogP contribution is -2.36. The number of ketones is 1. The van der Waals surface area contributed by atoms with Gasteiger partial charge in [0.25, 0.3) is 0 Å². The van der Waals surface area contributed by atoms with E-state index in [0.717, 1.165) is 24.6 Å². The summed E-state index contributed by atoms with van der Waals surface area (Å²) < 4.78 is 26.5. The second kappa shape index (κ2) is 5.88. The van der Waals surface area contributed by atoms with Crippen LogP contribution in [0.2, 0.25) is 0 Å². The molecule has 1 fully saturated rings. The summed E-state index contributed by atoms with van der Waals surface area (Å²) in [6, 6.07) is 2.78. The monoisotopic (exact) mass is 268 g/mol. The minimum Gasteiger partial charge on any atom is -0.355 e. The van der Waals surface area contributed by atoms with Crippen LogP contribution in [0.15, 0.2) is 18.2 Å². The minimum absolute atomic E-state index is 0.0895. The predicted molar refractivity (Wildman–Crippen MR) is 64.8 cm³/mol. The van der Waals surface area contributed by atoms with Crippen molar-refractivity contribution in [1.82, 2.24) is 10.2 Å². The maximum absolute atomic E-state index is 13.4. The molecule has 102 valence electrons. The summed E-state index contributed by atoms with van der Waals surface area (Å²) in [7, 11) is 0. The molecule has 1 saturated heterocycles. The van der Waals surface area contributed by atoms with Gasteiger partial charge in [-0.25, -0.2) is 8.78 Å². The fourth-order valence-corrected chi connectivity index (χ4v) is 2.00. The summed E-state index contributed by atoms with van der Waals surface area (Å²) in [6.45, 7) is 1.15. The van der Waals surface area contributed by atoms with E-state index < -0.39 is 17.4 Å². The van der Waals surface area contributed by atoms with Gasteiger partial charge in [0.1, 0.15) is 11.6 Å². The van der Waals surface area contributed by atoms with Crippen LogP contribution in [-0.2, 0) is 4.79 Å². The molecule has 0 saturated carbocycles. The molecule has 4 nitrogen and oxygen atoms in total. The Bertz CT molecular complexity index is 505. The van der Waals surface area contributed by atoms with Crippen molar-refractivity contribution in [2.45, 2.75) is 6.42 Å². The Labute approximate surface area is 109 Å². The van der Waals surface area contributed by atoms with Gasteiger partial charge >= 0.3 is 0 Å². The quantitative estimate of drug-likeness (QED) is 0.831. The number of carbonyl (C=O) groups is 2. The van der Waals surface area contributed by atoms with E-state index in [0.29, 0.717) is 13.1 Å². The van der Waals surface area contributed by atoms with Crippen LogP contribution in [0.4, 0.5) is 8.78 Å². The number of nitrogens with one attached hydrogen (secondary N) is 1. The zero-order chi connectivity index (χ0) is 13.8. The van der Waals surface area contributed by atoms with Gasteiger partial charge in [-0.1, -0.05) is 0 Å². The molecule has 0 aliphatic carbocycles. The van der Waals surface area contributed by atoms with Crippen molar-refractivity contribution in [3.8, 4) is 0 Å². The summed E-state index contributed by atoms with van der Waals surface area (Å²) >= 11 is 0. The highest BCUT2D eigenvalue weighted by Crippen LogP contribution is 2.11. The Hall–Kier alpha value is -1.82. The topological polar surface area (TPSA) is 49.4 Å². The molecule has 1 heterocycles. The van der Waals surface area contributed by atoms with Crippen molar-refractivity contribution in [1.29, 1.82) is 0 Å². The van der Waals surface area contributed by atoms with Crippen molar-refractivity contribution in [3.63, 3.8) is 0 Å². The lowest BCUT2D eigenvalue weighted by atomic mass is 10.1. The number of halogens is 2. The first kappa shape index (κ1) is 13.6. The fraction of sp³-hybridized carbons (Fsp3) is 0.385. The van der Waals surface area contributed by atoms with E-state index in [2.05, 4.69) is 5.32 Å². The highest BCUT2D eigenvalue weighted by Gasteiger charge is 2.20. The fourth-order valence-electron chi connectivity index (χ4n) is 2.00. The zero-order valence-corrected chi connectivity index (χ0v) is 10.3. The third kappa shape index (κ3) is 3.57. The second-order valence-electron chi connectivity index (χ2n) is 4.46. The molecule has 1 aliphatic heterocycles. The van der Waals surface area contributed by atoms with Crippen LogP contribution in [0, 0.1) is 11.6 Å². The Morgan fingerprint density at radius 3 is 2.95 bits per heavy atom. The average molecular weight is 268 g/mol. The van der Waals surface area contributed by atoms with Gasteiger partial charge in [-0.2, -0.15) is 0 Å². The summed E-state index contributed by atoms with van der Waals surface area (Å²) in [5.74, 6) is -2.08. The number of hydrogen-bond acceptors (Lipinski definition) is 3. The number of nitrogens with zero attached hydrogens (tertiary/aromatic N) is 1. The molecule has 0 radical (unpaired) electrons. The lowest BCUT2D eigenvalue weighted by molar-refractivity contribution is -0.121. The van der Waals surface area contributed by atoms with Gasteiger partial charge in [0.05, 0.1) is 18.7 Å². The molecule has 1 amide bonds. The first-order valence-corrected chi connectivity index (χ1v) is 6.03. The maximum Gasteiger partial charge on any atom is 0.234 e. The number of hydrogen-bond donors (Lipinski definition) is 1. The van der Waals surface area contributed by atoms with Crippen LogP contribution in [0.25, 0.3) is 0 Å². The molecule has 0 aromatic heterocycles. The largest absolute Gasteiger partial charge is 0.355 e. The molecule has 0 unspecified atom stereocenters. The summed E-state index contributed by atoms with van der Waals surface area (Å²) in [6.07, 6.45) is 0.727.